The third kappa shape index (κ3) is 4.84. The van der Waals surface area contributed by atoms with Gasteiger partial charge in [0.2, 0.25) is 10.0 Å². The Kier molecular flexibility index (Phi) is 6.61. The lowest BCUT2D eigenvalue weighted by Gasteiger charge is -2.38. The van der Waals surface area contributed by atoms with Crippen molar-refractivity contribution in [3.8, 4) is 5.75 Å². The van der Waals surface area contributed by atoms with E-state index in [4.69, 9.17) is 4.74 Å². The van der Waals surface area contributed by atoms with Gasteiger partial charge in [-0.15, -0.1) is 0 Å². The van der Waals surface area contributed by atoms with E-state index in [1.807, 2.05) is 32.0 Å². The quantitative estimate of drug-likeness (QED) is 0.331. The van der Waals surface area contributed by atoms with Crippen molar-refractivity contribution in [2.24, 2.45) is 0 Å². The minimum atomic E-state index is -3.78. The molecular formula is C31H31FN6O5S. The van der Waals surface area contributed by atoms with Crippen molar-refractivity contribution < 1.29 is 27.1 Å². The van der Waals surface area contributed by atoms with Crippen LogP contribution in [0.2, 0.25) is 0 Å². The van der Waals surface area contributed by atoms with Crippen LogP contribution in [0.15, 0.2) is 48.8 Å². The number of fused-ring (bicyclic) bond motifs is 3. The molecule has 228 valence electrons. The Morgan fingerprint density at radius 1 is 1.05 bits per heavy atom. The number of piperidine rings is 1. The first-order valence-electron chi connectivity index (χ1n) is 14.5. The fraction of sp³-hybridized carbons (Fsp3) is 0.355. The van der Waals surface area contributed by atoms with Crippen molar-refractivity contribution >= 4 is 39.0 Å². The molecule has 1 aliphatic carbocycles. The number of carbonyl (C=O) groups is 2. The normalized spacial score (nSPS) is 17.4. The Labute approximate surface area is 253 Å². The number of anilines is 2. The maximum atomic E-state index is 14.1. The van der Waals surface area contributed by atoms with Gasteiger partial charge in [-0.2, -0.15) is 9.61 Å². The van der Waals surface area contributed by atoms with E-state index in [0.717, 1.165) is 22.4 Å². The predicted molar refractivity (Wildman–Crippen MR) is 160 cm³/mol. The van der Waals surface area contributed by atoms with Crippen molar-refractivity contribution in [1.29, 1.82) is 0 Å². The van der Waals surface area contributed by atoms with Crippen molar-refractivity contribution in [1.82, 2.24) is 24.2 Å². The van der Waals surface area contributed by atoms with Crippen molar-refractivity contribution in [3.05, 3.63) is 82.4 Å². The lowest BCUT2D eigenvalue weighted by molar-refractivity contribution is 0.0646. The van der Waals surface area contributed by atoms with Gasteiger partial charge >= 0.3 is 0 Å². The zero-order valence-corrected chi connectivity index (χ0v) is 25.1. The van der Waals surface area contributed by atoms with Crippen LogP contribution in [0.5, 0.6) is 5.75 Å². The molecule has 0 bridgehead atoms. The van der Waals surface area contributed by atoms with E-state index in [0.29, 0.717) is 56.9 Å². The molecule has 3 aliphatic rings. The molecule has 0 atom stereocenters. The number of nitrogens with one attached hydrogen (secondary N) is 2. The summed E-state index contributed by atoms with van der Waals surface area (Å²) in [5, 5.41) is 7.15. The molecule has 4 aromatic rings. The van der Waals surface area contributed by atoms with Gasteiger partial charge in [0, 0.05) is 42.0 Å². The molecule has 2 amide bonds. The molecule has 11 nitrogen and oxygen atoms in total. The highest BCUT2D eigenvalue weighted by Gasteiger charge is 2.44. The number of likely N-dealkylation sites (tertiary alicyclic amines) is 1. The number of amides is 2. The number of nitrogens with zero attached hydrogens (tertiary/aromatic N) is 4. The second-order valence-corrected chi connectivity index (χ2v) is 13.9. The monoisotopic (exact) mass is 618 g/mol. The minimum Gasteiger partial charge on any atom is -0.492 e. The molecule has 2 aromatic carbocycles. The van der Waals surface area contributed by atoms with E-state index in [-0.39, 0.29) is 33.9 Å². The molecule has 2 N–H and O–H groups in total. The van der Waals surface area contributed by atoms with Crippen LogP contribution in [0.1, 0.15) is 63.1 Å². The minimum absolute atomic E-state index is 0.0199. The van der Waals surface area contributed by atoms with Gasteiger partial charge in [0.05, 0.1) is 18.1 Å². The Bertz CT molecular complexity index is 1950. The van der Waals surface area contributed by atoms with Crippen LogP contribution in [-0.4, -0.2) is 64.7 Å². The SMILES string of the molecule is Cc1ccc(C)c(Nc2c(C(=O)N3CCC4(CC3)COc3cc(F)ccc34)cnc3c(C(=O)NS(=O)(=O)C4CC4)cnn23)c1. The van der Waals surface area contributed by atoms with E-state index in [9.17, 15) is 22.4 Å². The third-order valence-corrected chi connectivity index (χ3v) is 10.7. The summed E-state index contributed by atoms with van der Waals surface area (Å²) in [5.41, 5.74) is 3.70. The fourth-order valence-corrected chi connectivity index (χ4v) is 7.37. The molecule has 44 heavy (non-hydrogen) atoms. The summed E-state index contributed by atoms with van der Waals surface area (Å²) in [6, 6.07) is 10.5. The van der Waals surface area contributed by atoms with Crippen LogP contribution in [0.25, 0.3) is 5.65 Å². The molecule has 1 saturated carbocycles. The Hall–Kier alpha value is -4.52. The molecule has 2 fully saturated rings. The van der Waals surface area contributed by atoms with Gasteiger partial charge in [-0.25, -0.2) is 22.5 Å². The number of sulfonamides is 1. The molecule has 0 radical (unpaired) electrons. The third-order valence-electron chi connectivity index (χ3n) is 8.87. The summed E-state index contributed by atoms with van der Waals surface area (Å²) in [6.07, 6.45) is 4.98. The molecule has 2 aromatic heterocycles. The second kappa shape index (κ2) is 10.3. The molecule has 0 unspecified atom stereocenters. The highest BCUT2D eigenvalue weighted by atomic mass is 32.2. The van der Waals surface area contributed by atoms with Crippen molar-refractivity contribution in [2.75, 3.05) is 25.0 Å². The molecule has 4 heterocycles. The van der Waals surface area contributed by atoms with Crippen LogP contribution >= 0.6 is 0 Å². The number of carbonyl (C=O) groups excluding carboxylic acids is 2. The van der Waals surface area contributed by atoms with Crippen LogP contribution in [-0.2, 0) is 15.4 Å². The van der Waals surface area contributed by atoms with Crippen molar-refractivity contribution in [2.45, 2.75) is 50.2 Å². The summed E-state index contributed by atoms with van der Waals surface area (Å²) in [7, 11) is -3.78. The number of benzene rings is 2. The van der Waals surface area contributed by atoms with Crippen LogP contribution in [0, 0.1) is 19.7 Å². The number of ether oxygens (including phenoxy) is 1. The van der Waals surface area contributed by atoms with E-state index < -0.39 is 21.2 Å². The van der Waals surface area contributed by atoms with E-state index in [1.165, 1.54) is 29.0 Å². The van der Waals surface area contributed by atoms with Crippen LogP contribution in [0.3, 0.4) is 0 Å². The van der Waals surface area contributed by atoms with Gasteiger partial charge in [-0.05, 0) is 62.8 Å². The Morgan fingerprint density at radius 2 is 1.82 bits per heavy atom. The largest absolute Gasteiger partial charge is 0.492 e. The summed E-state index contributed by atoms with van der Waals surface area (Å²) < 4.78 is 48.0. The molecule has 2 aliphatic heterocycles. The number of hydrogen-bond donors (Lipinski definition) is 2. The van der Waals surface area contributed by atoms with E-state index >= 15 is 0 Å². The smallest absolute Gasteiger partial charge is 0.270 e. The van der Waals surface area contributed by atoms with E-state index in [1.54, 1.807) is 11.0 Å². The molecule has 13 heteroatoms. The number of halogens is 1. The molecular weight excluding hydrogens is 587 g/mol. The zero-order chi connectivity index (χ0) is 30.8. The second-order valence-electron chi connectivity index (χ2n) is 11.9. The molecule has 7 rings (SSSR count). The average Bonchev–Trinajstić information content (AvgIpc) is 3.70. The topological polar surface area (TPSA) is 135 Å². The molecule has 1 saturated heterocycles. The molecule has 1 spiro atoms. The van der Waals surface area contributed by atoms with Crippen LogP contribution < -0.4 is 14.8 Å². The van der Waals surface area contributed by atoms with Gasteiger partial charge in [0.15, 0.2) is 5.65 Å². The van der Waals surface area contributed by atoms with Crippen LogP contribution in [0.4, 0.5) is 15.9 Å². The first-order chi connectivity index (χ1) is 21.0. The van der Waals surface area contributed by atoms with Gasteiger partial charge in [0.25, 0.3) is 11.8 Å². The maximum Gasteiger partial charge on any atom is 0.270 e. The number of aryl methyl sites for hydroxylation is 2. The van der Waals surface area contributed by atoms with Gasteiger partial charge in [-0.1, -0.05) is 18.2 Å². The first kappa shape index (κ1) is 28.3. The fourth-order valence-electron chi connectivity index (χ4n) is 6.08. The number of rotatable bonds is 6. The highest BCUT2D eigenvalue weighted by molar-refractivity contribution is 7.91. The maximum absolute atomic E-state index is 14.1. The summed E-state index contributed by atoms with van der Waals surface area (Å²) in [5.74, 6) is -0.565. The first-order valence-corrected chi connectivity index (χ1v) is 16.1. The van der Waals surface area contributed by atoms with Crippen molar-refractivity contribution in [3.63, 3.8) is 0 Å². The summed E-state index contributed by atoms with van der Waals surface area (Å²) >= 11 is 0. The Balaban J connectivity index is 1.22. The summed E-state index contributed by atoms with van der Waals surface area (Å²) in [4.78, 5) is 33.3. The standard InChI is InChI=1S/C31H31FN6O5S/c1-18-3-4-19(2)25(13-18)35-28-23(15-33-27-22(16-34-38(27)28)29(39)36-44(41,42)21-6-7-21)30(40)37-11-9-31(10-12-37)17-43-26-14-20(32)5-8-24(26)31/h3-5,8,13-16,21,35H,6-7,9-12,17H2,1-2H3,(H,36,39). The lowest BCUT2D eigenvalue weighted by Crippen LogP contribution is -2.46. The number of hydrogen-bond acceptors (Lipinski definition) is 8. The lowest BCUT2D eigenvalue weighted by atomic mass is 9.74. The zero-order valence-electron chi connectivity index (χ0n) is 24.3. The van der Waals surface area contributed by atoms with E-state index in [2.05, 4.69) is 20.1 Å². The predicted octanol–water partition coefficient (Wildman–Crippen LogP) is 4.02. The Morgan fingerprint density at radius 3 is 2.57 bits per heavy atom. The highest BCUT2D eigenvalue weighted by Crippen LogP contribution is 2.46. The van der Waals surface area contributed by atoms with Gasteiger partial charge < -0.3 is 15.0 Å². The average molecular weight is 619 g/mol. The number of aromatic nitrogens is 3. The van der Waals surface area contributed by atoms with Gasteiger partial charge in [-0.3, -0.25) is 9.59 Å². The van der Waals surface area contributed by atoms with Gasteiger partial charge in [0.1, 0.15) is 28.5 Å². The summed E-state index contributed by atoms with van der Waals surface area (Å²) in [6.45, 7) is 5.23.